The van der Waals surface area contributed by atoms with Crippen LogP contribution in [0.25, 0.3) is 0 Å². The van der Waals surface area contributed by atoms with Crippen molar-refractivity contribution in [3.8, 4) is 0 Å². The molecule has 2 aliphatic rings. The van der Waals surface area contributed by atoms with Gasteiger partial charge in [0.1, 0.15) is 0 Å². The Morgan fingerprint density at radius 3 is 1.12 bits per heavy atom. The first-order valence-corrected chi connectivity index (χ1v) is 7.62. The molecule has 1 heterocycles. The Bertz CT molecular complexity index is 160. The standard InChI is InChI=1S/C15H28O/c1-2-4-6-8-10-12-14-15(16-14)13-11-9-7-5-3-1/h14-15H,1-13H2/t14-,15-/m0/s1. The lowest BCUT2D eigenvalue weighted by Gasteiger charge is -2.01. The van der Waals surface area contributed by atoms with Gasteiger partial charge in [-0.25, -0.2) is 0 Å². The molecule has 1 aliphatic heterocycles. The van der Waals surface area contributed by atoms with Gasteiger partial charge in [0.15, 0.2) is 0 Å². The van der Waals surface area contributed by atoms with Crippen LogP contribution in [0.3, 0.4) is 0 Å². The van der Waals surface area contributed by atoms with Gasteiger partial charge in [0.05, 0.1) is 12.2 Å². The van der Waals surface area contributed by atoms with Gasteiger partial charge in [-0.1, -0.05) is 70.6 Å². The number of epoxide rings is 1. The van der Waals surface area contributed by atoms with Crippen LogP contribution in [0.4, 0.5) is 0 Å². The fourth-order valence-electron chi connectivity index (χ4n) is 2.97. The molecule has 0 unspecified atom stereocenters. The first-order valence-electron chi connectivity index (χ1n) is 7.62. The predicted octanol–water partition coefficient (Wildman–Crippen LogP) is 4.84. The van der Waals surface area contributed by atoms with Crippen molar-refractivity contribution in [2.24, 2.45) is 0 Å². The summed E-state index contributed by atoms with van der Waals surface area (Å²) < 4.78 is 5.72. The van der Waals surface area contributed by atoms with Crippen molar-refractivity contribution >= 4 is 0 Å². The highest BCUT2D eigenvalue weighted by Gasteiger charge is 2.36. The maximum Gasteiger partial charge on any atom is 0.0841 e. The summed E-state index contributed by atoms with van der Waals surface area (Å²) in [6.07, 6.45) is 19.9. The van der Waals surface area contributed by atoms with Gasteiger partial charge in [0.25, 0.3) is 0 Å². The second-order valence-electron chi connectivity index (χ2n) is 5.68. The second-order valence-corrected chi connectivity index (χ2v) is 5.68. The second kappa shape index (κ2) is 7.32. The molecule has 1 nitrogen and oxygen atoms in total. The number of hydrogen-bond acceptors (Lipinski definition) is 1. The molecule has 0 radical (unpaired) electrons. The van der Waals surface area contributed by atoms with E-state index in [1.165, 1.54) is 83.5 Å². The Labute approximate surface area is 101 Å². The molecule has 0 aromatic rings. The maximum absolute atomic E-state index is 5.72. The molecule has 0 aromatic heterocycles. The van der Waals surface area contributed by atoms with E-state index in [0.717, 1.165) is 0 Å². The van der Waals surface area contributed by atoms with Crippen LogP contribution in [0.15, 0.2) is 0 Å². The summed E-state index contributed by atoms with van der Waals surface area (Å²) >= 11 is 0. The number of rotatable bonds is 0. The third-order valence-electron chi connectivity index (χ3n) is 4.16. The lowest BCUT2D eigenvalue weighted by atomic mass is 10.1. The Morgan fingerprint density at radius 2 is 0.750 bits per heavy atom. The van der Waals surface area contributed by atoms with Crippen LogP contribution in [0.2, 0.25) is 0 Å². The lowest BCUT2D eigenvalue weighted by molar-refractivity contribution is 0.347. The van der Waals surface area contributed by atoms with Crippen LogP contribution in [-0.4, -0.2) is 12.2 Å². The van der Waals surface area contributed by atoms with Crippen LogP contribution in [0.1, 0.15) is 83.5 Å². The summed E-state index contributed by atoms with van der Waals surface area (Å²) in [4.78, 5) is 0. The Kier molecular flexibility index (Phi) is 5.68. The van der Waals surface area contributed by atoms with E-state index in [1.54, 1.807) is 0 Å². The molecule has 0 N–H and O–H groups in total. The van der Waals surface area contributed by atoms with E-state index in [0.29, 0.717) is 12.2 Å². The Balaban J connectivity index is 1.60. The third kappa shape index (κ3) is 4.86. The lowest BCUT2D eigenvalue weighted by Crippen LogP contribution is -1.94. The molecule has 94 valence electrons. The highest BCUT2D eigenvalue weighted by atomic mass is 16.6. The molecule has 0 amide bonds. The monoisotopic (exact) mass is 224 g/mol. The van der Waals surface area contributed by atoms with Crippen LogP contribution in [-0.2, 0) is 4.74 Å². The summed E-state index contributed by atoms with van der Waals surface area (Å²) in [6.45, 7) is 0. The fraction of sp³-hybridized carbons (Fsp3) is 1.00. The van der Waals surface area contributed by atoms with E-state index in [2.05, 4.69) is 0 Å². The van der Waals surface area contributed by atoms with E-state index >= 15 is 0 Å². The first-order chi connectivity index (χ1) is 7.97. The van der Waals surface area contributed by atoms with Gasteiger partial charge in [0, 0.05) is 0 Å². The van der Waals surface area contributed by atoms with Crippen molar-refractivity contribution in [3.63, 3.8) is 0 Å². The molecular formula is C15H28O. The van der Waals surface area contributed by atoms with Gasteiger partial charge < -0.3 is 4.74 Å². The maximum atomic E-state index is 5.72. The van der Waals surface area contributed by atoms with Crippen LogP contribution in [0, 0.1) is 0 Å². The van der Waals surface area contributed by atoms with Gasteiger partial charge in [-0.2, -0.15) is 0 Å². The minimum atomic E-state index is 0.658. The topological polar surface area (TPSA) is 12.5 Å². The Hall–Kier alpha value is -0.0400. The molecule has 1 aliphatic carbocycles. The molecule has 1 heteroatoms. The summed E-state index contributed by atoms with van der Waals surface area (Å²) in [5.41, 5.74) is 0. The minimum absolute atomic E-state index is 0.658. The molecule has 1 saturated heterocycles. The normalized spacial score (nSPS) is 34.5. The number of fused-ring (bicyclic) bond motifs is 1. The zero-order valence-corrected chi connectivity index (χ0v) is 10.8. The zero-order valence-electron chi connectivity index (χ0n) is 10.8. The Morgan fingerprint density at radius 1 is 0.438 bits per heavy atom. The molecule has 0 spiro atoms. The van der Waals surface area contributed by atoms with Crippen molar-refractivity contribution in [2.75, 3.05) is 0 Å². The average Bonchev–Trinajstić information content (AvgIpc) is 3.02. The molecule has 1 saturated carbocycles. The summed E-state index contributed by atoms with van der Waals surface area (Å²) in [5.74, 6) is 0. The summed E-state index contributed by atoms with van der Waals surface area (Å²) in [5, 5.41) is 0. The minimum Gasteiger partial charge on any atom is -0.370 e. The van der Waals surface area contributed by atoms with Crippen molar-refractivity contribution < 1.29 is 4.74 Å². The fourth-order valence-corrected chi connectivity index (χ4v) is 2.97. The largest absolute Gasteiger partial charge is 0.370 e. The SMILES string of the molecule is C1CCCCCC[C@@H]2O[C@H]2CCCCCC1. The highest BCUT2D eigenvalue weighted by Crippen LogP contribution is 2.32. The number of ether oxygens (including phenoxy) is 1. The van der Waals surface area contributed by atoms with E-state index in [-0.39, 0.29) is 0 Å². The summed E-state index contributed by atoms with van der Waals surface area (Å²) in [6, 6.07) is 0. The molecular weight excluding hydrogens is 196 g/mol. The van der Waals surface area contributed by atoms with Gasteiger partial charge >= 0.3 is 0 Å². The van der Waals surface area contributed by atoms with Crippen molar-refractivity contribution in [2.45, 2.75) is 95.7 Å². The van der Waals surface area contributed by atoms with Gasteiger partial charge in [0.2, 0.25) is 0 Å². The quantitative estimate of drug-likeness (QED) is 0.536. The highest BCUT2D eigenvalue weighted by molar-refractivity contribution is 4.84. The van der Waals surface area contributed by atoms with Gasteiger partial charge in [-0.05, 0) is 12.8 Å². The molecule has 2 fully saturated rings. The molecule has 0 aromatic carbocycles. The molecule has 0 bridgehead atoms. The van der Waals surface area contributed by atoms with Crippen LogP contribution in [0.5, 0.6) is 0 Å². The third-order valence-corrected chi connectivity index (χ3v) is 4.16. The van der Waals surface area contributed by atoms with Gasteiger partial charge in [-0.3, -0.25) is 0 Å². The predicted molar refractivity (Wildman–Crippen MR) is 68.7 cm³/mol. The molecule has 2 atom stereocenters. The van der Waals surface area contributed by atoms with Crippen molar-refractivity contribution in [1.29, 1.82) is 0 Å². The van der Waals surface area contributed by atoms with E-state index in [9.17, 15) is 0 Å². The van der Waals surface area contributed by atoms with E-state index < -0.39 is 0 Å². The number of hydrogen-bond donors (Lipinski definition) is 0. The zero-order chi connectivity index (χ0) is 11.1. The average molecular weight is 224 g/mol. The first kappa shape index (κ1) is 12.4. The molecule has 16 heavy (non-hydrogen) atoms. The smallest absolute Gasteiger partial charge is 0.0841 e. The molecule has 2 rings (SSSR count). The van der Waals surface area contributed by atoms with Gasteiger partial charge in [-0.15, -0.1) is 0 Å². The van der Waals surface area contributed by atoms with Crippen LogP contribution < -0.4 is 0 Å². The summed E-state index contributed by atoms with van der Waals surface area (Å²) in [7, 11) is 0. The van der Waals surface area contributed by atoms with Crippen molar-refractivity contribution in [1.82, 2.24) is 0 Å². The van der Waals surface area contributed by atoms with Crippen LogP contribution >= 0.6 is 0 Å². The van der Waals surface area contributed by atoms with Crippen molar-refractivity contribution in [3.05, 3.63) is 0 Å². The van der Waals surface area contributed by atoms with E-state index in [1.807, 2.05) is 0 Å². The van der Waals surface area contributed by atoms with E-state index in [4.69, 9.17) is 4.74 Å².